The van der Waals surface area contributed by atoms with Gasteiger partial charge in [-0.3, -0.25) is 9.69 Å². The van der Waals surface area contributed by atoms with Crippen molar-refractivity contribution in [2.24, 2.45) is 0 Å². The van der Waals surface area contributed by atoms with E-state index in [0.29, 0.717) is 19.6 Å². The lowest BCUT2D eigenvalue weighted by Crippen LogP contribution is -2.43. The SMILES string of the molecule is C=CCN(Cc1cccs1)C(=O)CN1CCC[C@H]1CO. The zero-order valence-corrected chi connectivity index (χ0v) is 12.5. The Kier molecular flexibility index (Phi) is 5.76. The average molecular weight is 294 g/mol. The maximum atomic E-state index is 12.4. The van der Waals surface area contributed by atoms with E-state index in [1.165, 1.54) is 4.88 Å². The standard InChI is InChI=1S/C15H22N2O2S/c1-2-7-17(10-14-6-4-9-20-14)15(19)11-16-8-3-5-13(16)12-18/h2,4,6,9,13,18H,1,3,5,7-8,10-12H2/t13-/m0/s1. The molecular formula is C15H22N2O2S. The lowest BCUT2D eigenvalue weighted by atomic mass is 10.2. The van der Waals surface area contributed by atoms with Gasteiger partial charge in [0.2, 0.25) is 5.91 Å². The van der Waals surface area contributed by atoms with E-state index in [9.17, 15) is 9.90 Å². The normalized spacial score (nSPS) is 19.1. The van der Waals surface area contributed by atoms with Crippen LogP contribution in [-0.2, 0) is 11.3 Å². The molecule has 1 N–H and O–H groups in total. The van der Waals surface area contributed by atoms with Gasteiger partial charge >= 0.3 is 0 Å². The first kappa shape index (κ1) is 15.2. The fourth-order valence-electron chi connectivity index (χ4n) is 2.58. The van der Waals surface area contributed by atoms with Crippen LogP contribution in [-0.4, -0.2) is 53.1 Å². The van der Waals surface area contributed by atoms with Gasteiger partial charge in [0.05, 0.1) is 19.7 Å². The molecule has 2 rings (SSSR count). The maximum absolute atomic E-state index is 12.4. The average Bonchev–Trinajstić information content (AvgIpc) is 3.09. The van der Waals surface area contributed by atoms with E-state index in [2.05, 4.69) is 11.5 Å². The highest BCUT2D eigenvalue weighted by atomic mass is 32.1. The van der Waals surface area contributed by atoms with Crippen molar-refractivity contribution in [3.05, 3.63) is 35.0 Å². The molecule has 0 unspecified atom stereocenters. The van der Waals surface area contributed by atoms with Crippen molar-refractivity contribution in [2.75, 3.05) is 26.2 Å². The van der Waals surface area contributed by atoms with Crippen LogP contribution in [0, 0.1) is 0 Å². The number of carbonyl (C=O) groups is 1. The van der Waals surface area contributed by atoms with E-state index in [1.807, 2.05) is 22.4 Å². The Morgan fingerprint density at radius 2 is 2.50 bits per heavy atom. The summed E-state index contributed by atoms with van der Waals surface area (Å²) in [7, 11) is 0. The van der Waals surface area contributed by atoms with E-state index in [0.717, 1.165) is 19.4 Å². The highest BCUT2D eigenvalue weighted by Gasteiger charge is 2.27. The predicted molar refractivity (Wildman–Crippen MR) is 81.6 cm³/mol. The lowest BCUT2D eigenvalue weighted by Gasteiger charge is -2.26. The van der Waals surface area contributed by atoms with Gasteiger partial charge in [-0.15, -0.1) is 17.9 Å². The molecule has 1 saturated heterocycles. The van der Waals surface area contributed by atoms with Gasteiger partial charge < -0.3 is 10.0 Å². The van der Waals surface area contributed by atoms with Crippen LogP contribution in [0.3, 0.4) is 0 Å². The van der Waals surface area contributed by atoms with Crippen molar-refractivity contribution in [3.63, 3.8) is 0 Å². The molecule has 110 valence electrons. The molecule has 0 bridgehead atoms. The molecule has 1 fully saturated rings. The van der Waals surface area contributed by atoms with Crippen molar-refractivity contribution in [1.29, 1.82) is 0 Å². The summed E-state index contributed by atoms with van der Waals surface area (Å²) in [5, 5.41) is 11.3. The second-order valence-electron chi connectivity index (χ2n) is 5.09. The Hall–Kier alpha value is -1.17. The Balaban J connectivity index is 1.94. The third-order valence-electron chi connectivity index (χ3n) is 3.68. The topological polar surface area (TPSA) is 43.8 Å². The third kappa shape index (κ3) is 3.91. The van der Waals surface area contributed by atoms with Crippen LogP contribution in [0.15, 0.2) is 30.2 Å². The number of hydrogen-bond acceptors (Lipinski definition) is 4. The van der Waals surface area contributed by atoms with Crippen LogP contribution in [0.5, 0.6) is 0 Å². The van der Waals surface area contributed by atoms with E-state index < -0.39 is 0 Å². The number of rotatable bonds is 7. The first-order valence-electron chi connectivity index (χ1n) is 7.00. The van der Waals surface area contributed by atoms with Gasteiger partial charge in [-0.1, -0.05) is 12.1 Å². The summed E-state index contributed by atoms with van der Waals surface area (Å²) in [6.07, 6.45) is 3.81. The van der Waals surface area contributed by atoms with Crippen molar-refractivity contribution in [2.45, 2.75) is 25.4 Å². The van der Waals surface area contributed by atoms with Crippen molar-refractivity contribution >= 4 is 17.2 Å². The minimum absolute atomic E-state index is 0.110. The van der Waals surface area contributed by atoms with Crippen LogP contribution >= 0.6 is 11.3 Å². The summed E-state index contributed by atoms with van der Waals surface area (Å²) in [6, 6.07) is 4.19. The molecular weight excluding hydrogens is 272 g/mol. The Morgan fingerprint density at radius 1 is 1.65 bits per heavy atom. The van der Waals surface area contributed by atoms with Gasteiger partial charge in [0.1, 0.15) is 0 Å². The highest BCUT2D eigenvalue weighted by molar-refractivity contribution is 7.09. The summed E-state index contributed by atoms with van der Waals surface area (Å²) in [5.41, 5.74) is 0. The third-order valence-corrected chi connectivity index (χ3v) is 4.54. The highest BCUT2D eigenvalue weighted by Crippen LogP contribution is 2.17. The Morgan fingerprint density at radius 3 is 3.15 bits per heavy atom. The molecule has 0 radical (unpaired) electrons. The summed E-state index contributed by atoms with van der Waals surface area (Å²) in [5.74, 6) is 0.110. The van der Waals surface area contributed by atoms with Crippen LogP contribution in [0.2, 0.25) is 0 Å². The molecule has 1 aromatic rings. The monoisotopic (exact) mass is 294 g/mol. The van der Waals surface area contributed by atoms with Crippen molar-refractivity contribution in [3.8, 4) is 0 Å². The number of aliphatic hydroxyl groups is 1. The number of hydrogen-bond donors (Lipinski definition) is 1. The molecule has 2 heterocycles. The summed E-state index contributed by atoms with van der Waals surface area (Å²) < 4.78 is 0. The molecule has 1 aromatic heterocycles. The maximum Gasteiger partial charge on any atom is 0.237 e. The smallest absolute Gasteiger partial charge is 0.237 e. The second-order valence-corrected chi connectivity index (χ2v) is 6.12. The number of likely N-dealkylation sites (tertiary alicyclic amines) is 1. The minimum Gasteiger partial charge on any atom is -0.395 e. The van der Waals surface area contributed by atoms with Gasteiger partial charge in [-0.2, -0.15) is 0 Å². The molecule has 0 aromatic carbocycles. The molecule has 20 heavy (non-hydrogen) atoms. The van der Waals surface area contributed by atoms with E-state index in [-0.39, 0.29) is 18.6 Å². The minimum atomic E-state index is 0.110. The zero-order chi connectivity index (χ0) is 14.4. The Labute approximate surface area is 124 Å². The van der Waals surface area contributed by atoms with Gasteiger partial charge in [0.25, 0.3) is 0 Å². The van der Waals surface area contributed by atoms with E-state index in [4.69, 9.17) is 0 Å². The fourth-order valence-corrected chi connectivity index (χ4v) is 3.30. The lowest BCUT2D eigenvalue weighted by molar-refractivity contribution is -0.132. The van der Waals surface area contributed by atoms with Crippen molar-refractivity contribution < 1.29 is 9.90 Å². The summed E-state index contributed by atoms with van der Waals surface area (Å²) in [4.78, 5) is 17.5. The number of aliphatic hydroxyl groups excluding tert-OH is 1. The Bertz CT molecular complexity index is 433. The number of carbonyl (C=O) groups excluding carboxylic acids is 1. The summed E-state index contributed by atoms with van der Waals surface area (Å²) in [6.45, 7) is 6.37. The molecule has 1 aliphatic rings. The molecule has 1 amide bonds. The second kappa shape index (κ2) is 7.57. The van der Waals surface area contributed by atoms with E-state index >= 15 is 0 Å². The first-order valence-corrected chi connectivity index (χ1v) is 7.88. The molecule has 0 aliphatic carbocycles. The molecule has 5 heteroatoms. The van der Waals surface area contributed by atoms with Crippen molar-refractivity contribution in [1.82, 2.24) is 9.80 Å². The molecule has 1 aliphatic heterocycles. The molecule has 0 saturated carbocycles. The van der Waals surface area contributed by atoms with Crippen LogP contribution in [0.4, 0.5) is 0 Å². The predicted octanol–water partition coefficient (Wildman–Crippen LogP) is 1.72. The van der Waals surface area contributed by atoms with Crippen LogP contribution < -0.4 is 0 Å². The molecule has 4 nitrogen and oxygen atoms in total. The van der Waals surface area contributed by atoms with E-state index in [1.54, 1.807) is 17.4 Å². The fraction of sp³-hybridized carbons (Fsp3) is 0.533. The van der Waals surface area contributed by atoms with Crippen LogP contribution in [0.25, 0.3) is 0 Å². The quantitative estimate of drug-likeness (QED) is 0.779. The largest absolute Gasteiger partial charge is 0.395 e. The van der Waals surface area contributed by atoms with Crippen LogP contribution in [0.1, 0.15) is 17.7 Å². The van der Waals surface area contributed by atoms with Gasteiger partial charge in [-0.05, 0) is 30.8 Å². The van der Waals surface area contributed by atoms with Gasteiger partial charge in [0, 0.05) is 17.5 Å². The molecule has 1 atom stereocenters. The summed E-state index contributed by atoms with van der Waals surface area (Å²) >= 11 is 1.66. The molecule has 0 spiro atoms. The first-order chi connectivity index (χ1) is 9.74. The number of nitrogens with zero attached hydrogens (tertiary/aromatic N) is 2. The van der Waals surface area contributed by atoms with Gasteiger partial charge in [-0.25, -0.2) is 0 Å². The van der Waals surface area contributed by atoms with Gasteiger partial charge in [0.15, 0.2) is 0 Å². The zero-order valence-electron chi connectivity index (χ0n) is 11.7. The number of amides is 1. The number of thiophene rings is 1.